The van der Waals surface area contributed by atoms with Gasteiger partial charge in [0, 0.05) is 37.9 Å². The maximum Gasteiger partial charge on any atom is 0.131 e. The van der Waals surface area contributed by atoms with Gasteiger partial charge in [0.05, 0.1) is 6.61 Å². The fourth-order valence-corrected chi connectivity index (χ4v) is 2.63. The van der Waals surface area contributed by atoms with E-state index in [9.17, 15) is 0 Å². The number of pyridine rings is 1. The monoisotopic (exact) mass is 263 g/mol. The molecule has 1 N–H and O–H groups in total. The van der Waals surface area contributed by atoms with Crippen LogP contribution < -0.4 is 4.90 Å². The van der Waals surface area contributed by atoms with Gasteiger partial charge in [-0.25, -0.2) is 4.98 Å². The minimum atomic E-state index is 0.0614. The molecule has 0 bridgehead atoms. The third-order valence-electron chi connectivity index (χ3n) is 3.82. The van der Waals surface area contributed by atoms with Crippen LogP contribution in [0.1, 0.15) is 31.9 Å². The second-order valence-corrected chi connectivity index (χ2v) is 6.29. The molecule has 106 valence electrons. The van der Waals surface area contributed by atoms with Gasteiger partial charge >= 0.3 is 0 Å². The van der Waals surface area contributed by atoms with Crippen molar-refractivity contribution < 1.29 is 5.11 Å². The molecule has 19 heavy (non-hydrogen) atoms. The molecule has 4 nitrogen and oxygen atoms in total. The van der Waals surface area contributed by atoms with E-state index in [1.807, 2.05) is 6.07 Å². The Balaban J connectivity index is 2.06. The van der Waals surface area contributed by atoms with Crippen molar-refractivity contribution in [3.05, 3.63) is 23.4 Å². The number of piperazine rings is 1. The highest BCUT2D eigenvalue weighted by Gasteiger charge is 2.26. The molecule has 0 atom stereocenters. The molecule has 2 rings (SSSR count). The van der Waals surface area contributed by atoms with Gasteiger partial charge in [-0.05, 0) is 44.9 Å². The zero-order chi connectivity index (χ0) is 14.0. The summed E-state index contributed by atoms with van der Waals surface area (Å²) in [5, 5.41) is 9.13. The summed E-state index contributed by atoms with van der Waals surface area (Å²) in [6, 6.07) is 2.03. The van der Waals surface area contributed by atoms with Crippen LogP contribution in [-0.2, 0) is 6.61 Å². The number of anilines is 1. The summed E-state index contributed by atoms with van der Waals surface area (Å²) in [5.41, 5.74) is 2.28. The fourth-order valence-electron chi connectivity index (χ4n) is 2.63. The van der Waals surface area contributed by atoms with Crippen LogP contribution in [0, 0.1) is 6.92 Å². The van der Waals surface area contributed by atoms with E-state index in [-0.39, 0.29) is 12.1 Å². The Labute approximate surface area is 116 Å². The lowest BCUT2D eigenvalue weighted by Gasteiger charge is -2.42. The molecule has 1 aliphatic rings. The Hall–Kier alpha value is -1.13. The Morgan fingerprint density at radius 2 is 1.84 bits per heavy atom. The third-order valence-corrected chi connectivity index (χ3v) is 3.82. The molecule has 1 saturated heterocycles. The number of rotatable bonds is 2. The zero-order valence-electron chi connectivity index (χ0n) is 12.5. The molecule has 0 aliphatic carbocycles. The van der Waals surface area contributed by atoms with E-state index < -0.39 is 0 Å². The van der Waals surface area contributed by atoms with Gasteiger partial charge < -0.3 is 10.0 Å². The quantitative estimate of drug-likeness (QED) is 0.883. The maximum absolute atomic E-state index is 9.13. The van der Waals surface area contributed by atoms with Crippen molar-refractivity contribution in [3.63, 3.8) is 0 Å². The van der Waals surface area contributed by atoms with Gasteiger partial charge in [0.15, 0.2) is 0 Å². The second-order valence-electron chi connectivity index (χ2n) is 6.29. The van der Waals surface area contributed by atoms with Gasteiger partial charge in [0.1, 0.15) is 5.82 Å². The summed E-state index contributed by atoms with van der Waals surface area (Å²) >= 11 is 0. The minimum absolute atomic E-state index is 0.0614. The zero-order valence-corrected chi connectivity index (χ0v) is 12.5. The van der Waals surface area contributed by atoms with Gasteiger partial charge in [0.25, 0.3) is 0 Å². The first-order valence-corrected chi connectivity index (χ1v) is 6.98. The first-order valence-electron chi connectivity index (χ1n) is 6.98. The average Bonchev–Trinajstić information content (AvgIpc) is 2.37. The second kappa shape index (κ2) is 5.47. The summed E-state index contributed by atoms with van der Waals surface area (Å²) in [6.45, 7) is 13.1. The lowest BCUT2D eigenvalue weighted by atomic mass is 10.0. The average molecular weight is 263 g/mol. The van der Waals surface area contributed by atoms with Crippen LogP contribution in [0.25, 0.3) is 0 Å². The van der Waals surface area contributed by atoms with Crippen LogP contribution in [0.3, 0.4) is 0 Å². The normalized spacial score (nSPS) is 17.8. The lowest BCUT2D eigenvalue weighted by molar-refractivity contribution is 0.128. The Morgan fingerprint density at radius 3 is 2.32 bits per heavy atom. The topological polar surface area (TPSA) is 39.6 Å². The van der Waals surface area contributed by atoms with Crippen molar-refractivity contribution in [2.45, 2.75) is 39.8 Å². The van der Waals surface area contributed by atoms with Crippen molar-refractivity contribution in [3.8, 4) is 0 Å². The predicted molar refractivity (Wildman–Crippen MR) is 78.4 cm³/mol. The van der Waals surface area contributed by atoms with E-state index in [2.05, 4.69) is 42.5 Å². The van der Waals surface area contributed by atoms with Crippen molar-refractivity contribution in [1.29, 1.82) is 0 Å². The predicted octanol–water partition coefficient (Wildman–Crippen LogP) is 1.80. The lowest BCUT2D eigenvalue weighted by Crippen LogP contribution is -2.53. The molecule has 2 heterocycles. The van der Waals surface area contributed by atoms with Gasteiger partial charge in [-0.1, -0.05) is 0 Å². The van der Waals surface area contributed by atoms with Crippen LogP contribution in [-0.4, -0.2) is 46.7 Å². The minimum Gasteiger partial charge on any atom is -0.392 e. The molecular formula is C15H25N3O. The number of aliphatic hydroxyl groups excluding tert-OH is 1. The first kappa shape index (κ1) is 14.3. The molecule has 0 saturated carbocycles. The highest BCUT2D eigenvalue weighted by Crippen LogP contribution is 2.22. The highest BCUT2D eigenvalue weighted by atomic mass is 16.3. The number of nitrogens with zero attached hydrogens (tertiary/aromatic N) is 3. The van der Waals surface area contributed by atoms with Gasteiger partial charge in [0.2, 0.25) is 0 Å². The van der Waals surface area contributed by atoms with Crippen LogP contribution in [0.4, 0.5) is 5.82 Å². The largest absolute Gasteiger partial charge is 0.392 e. The Kier molecular flexibility index (Phi) is 4.11. The molecule has 0 amide bonds. The van der Waals surface area contributed by atoms with Gasteiger partial charge in [-0.2, -0.15) is 0 Å². The van der Waals surface area contributed by atoms with E-state index in [1.165, 1.54) is 0 Å². The summed E-state index contributed by atoms with van der Waals surface area (Å²) < 4.78 is 0. The molecule has 0 radical (unpaired) electrons. The van der Waals surface area contributed by atoms with Crippen molar-refractivity contribution in [2.24, 2.45) is 0 Å². The van der Waals surface area contributed by atoms with Gasteiger partial charge in [-0.15, -0.1) is 0 Å². The van der Waals surface area contributed by atoms with Crippen molar-refractivity contribution in [2.75, 3.05) is 31.1 Å². The van der Waals surface area contributed by atoms with E-state index in [0.717, 1.165) is 43.1 Å². The summed E-state index contributed by atoms with van der Waals surface area (Å²) in [7, 11) is 0. The summed E-state index contributed by atoms with van der Waals surface area (Å²) in [6.07, 6.45) is 1.78. The van der Waals surface area contributed by atoms with Crippen LogP contribution in [0.5, 0.6) is 0 Å². The summed E-state index contributed by atoms with van der Waals surface area (Å²) in [4.78, 5) is 9.37. The molecule has 1 fully saturated rings. The molecular weight excluding hydrogens is 238 g/mol. The smallest absolute Gasteiger partial charge is 0.131 e. The highest BCUT2D eigenvalue weighted by molar-refractivity contribution is 5.47. The molecule has 0 aromatic carbocycles. The molecule has 1 aliphatic heterocycles. The Bertz CT molecular complexity index is 432. The number of aryl methyl sites for hydroxylation is 1. The number of aliphatic hydroxyl groups is 1. The van der Waals surface area contributed by atoms with Gasteiger partial charge in [-0.3, -0.25) is 4.90 Å². The van der Waals surface area contributed by atoms with E-state index >= 15 is 0 Å². The van der Waals surface area contributed by atoms with E-state index in [0.29, 0.717) is 0 Å². The van der Waals surface area contributed by atoms with Crippen molar-refractivity contribution >= 4 is 5.82 Å². The number of aromatic nitrogens is 1. The fraction of sp³-hybridized carbons (Fsp3) is 0.667. The SMILES string of the molecule is Cc1cc(CO)cnc1N1CCN(C(C)(C)C)CC1. The number of hydrogen-bond donors (Lipinski definition) is 1. The van der Waals surface area contributed by atoms with E-state index in [4.69, 9.17) is 5.11 Å². The molecule has 0 spiro atoms. The van der Waals surface area contributed by atoms with Crippen LogP contribution in [0.15, 0.2) is 12.3 Å². The first-order chi connectivity index (χ1) is 8.91. The van der Waals surface area contributed by atoms with Crippen molar-refractivity contribution in [1.82, 2.24) is 9.88 Å². The Morgan fingerprint density at radius 1 is 1.21 bits per heavy atom. The maximum atomic E-state index is 9.13. The van der Waals surface area contributed by atoms with E-state index in [1.54, 1.807) is 6.20 Å². The standard InChI is InChI=1S/C15H25N3O/c1-12-9-13(11-19)10-16-14(12)17-5-7-18(8-6-17)15(2,3)4/h9-10,19H,5-8,11H2,1-4H3. The molecule has 4 heteroatoms. The molecule has 0 unspecified atom stereocenters. The van der Waals surface area contributed by atoms with Crippen LogP contribution in [0.2, 0.25) is 0 Å². The molecule has 1 aromatic rings. The summed E-state index contributed by atoms with van der Waals surface area (Å²) in [5.74, 6) is 1.06. The molecule has 1 aromatic heterocycles. The third kappa shape index (κ3) is 3.25. The number of hydrogen-bond acceptors (Lipinski definition) is 4. The van der Waals surface area contributed by atoms with Crippen LogP contribution >= 0.6 is 0 Å².